The lowest BCUT2D eigenvalue weighted by molar-refractivity contribution is 0.0921. The number of carbonyl (C=O) groups excluding carboxylic acids is 1. The predicted molar refractivity (Wildman–Crippen MR) is 74.4 cm³/mol. The second-order valence-electron chi connectivity index (χ2n) is 5.21. The van der Waals surface area contributed by atoms with Gasteiger partial charge in [0, 0.05) is 13.2 Å². The van der Waals surface area contributed by atoms with Crippen LogP contribution in [0.25, 0.3) is 0 Å². The molecule has 0 radical (unpaired) electrons. The molecule has 0 spiro atoms. The average Bonchev–Trinajstić information content (AvgIpc) is 2.91. The van der Waals surface area contributed by atoms with E-state index in [1.54, 1.807) is 19.3 Å². The summed E-state index contributed by atoms with van der Waals surface area (Å²) in [5.41, 5.74) is 6.21. The molecule has 20 heavy (non-hydrogen) atoms. The first-order valence-electron chi connectivity index (χ1n) is 6.89. The predicted octanol–water partition coefficient (Wildman–Crippen LogP) is 0.845. The number of oxime groups is 1. The summed E-state index contributed by atoms with van der Waals surface area (Å²) in [6, 6.07) is 1.21. The van der Waals surface area contributed by atoms with Crippen LogP contribution in [0.15, 0.2) is 17.4 Å². The summed E-state index contributed by atoms with van der Waals surface area (Å²) in [4.78, 5) is 12.2. The number of hydrogen-bond donors (Lipinski definition) is 3. The lowest BCUT2D eigenvalue weighted by Gasteiger charge is -2.29. The van der Waals surface area contributed by atoms with Crippen LogP contribution in [0.1, 0.15) is 42.6 Å². The van der Waals surface area contributed by atoms with Crippen LogP contribution in [0.2, 0.25) is 0 Å². The molecule has 110 valence electrons. The second-order valence-corrected chi connectivity index (χ2v) is 5.21. The number of carbonyl (C=O) groups is 1. The molecular weight excluding hydrogens is 258 g/mol. The first kappa shape index (κ1) is 14.4. The fourth-order valence-electron chi connectivity index (χ4n) is 2.77. The number of amides is 1. The summed E-state index contributed by atoms with van der Waals surface area (Å²) < 4.78 is 1.50. The van der Waals surface area contributed by atoms with Crippen LogP contribution in [0, 0.1) is 5.92 Å². The molecule has 1 aliphatic rings. The van der Waals surface area contributed by atoms with Gasteiger partial charge >= 0.3 is 0 Å². The number of nitrogens with one attached hydrogen (secondary N) is 1. The van der Waals surface area contributed by atoms with Crippen molar-refractivity contribution in [2.24, 2.45) is 23.9 Å². The molecule has 7 heteroatoms. The number of amidine groups is 1. The smallest absolute Gasteiger partial charge is 0.270 e. The third-order valence-electron chi connectivity index (χ3n) is 3.90. The Morgan fingerprint density at radius 1 is 1.55 bits per heavy atom. The van der Waals surface area contributed by atoms with Crippen molar-refractivity contribution in [3.8, 4) is 0 Å². The fourth-order valence-corrected chi connectivity index (χ4v) is 2.77. The van der Waals surface area contributed by atoms with Crippen LogP contribution >= 0.6 is 0 Å². The highest BCUT2D eigenvalue weighted by atomic mass is 16.4. The van der Waals surface area contributed by atoms with Gasteiger partial charge in [-0.3, -0.25) is 9.48 Å². The van der Waals surface area contributed by atoms with E-state index >= 15 is 0 Å². The molecule has 0 aromatic carbocycles. The Kier molecular flexibility index (Phi) is 4.60. The molecule has 1 amide bonds. The Morgan fingerprint density at radius 2 is 2.25 bits per heavy atom. The van der Waals surface area contributed by atoms with Crippen molar-refractivity contribution >= 4 is 11.7 Å². The molecule has 1 saturated carbocycles. The van der Waals surface area contributed by atoms with Crippen molar-refractivity contribution in [3.63, 3.8) is 0 Å². The number of rotatable bonds is 4. The number of aryl methyl sites for hydroxylation is 1. The molecular formula is C13H21N5O2. The molecule has 1 atom stereocenters. The minimum absolute atomic E-state index is 0.0624. The van der Waals surface area contributed by atoms with Crippen molar-refractivity contribution < 1.29 is 10.0 Å². The Bertz CT molecular complexity index is 491. The van der Waals surface area contributed by atoms with Crippen LogP contribution < -0.4 is 11.1 Å². The molecule has 0 saturated heterocycles. The zero-order valence-electron chi connectivity index (χ0n) is 11.6. The molecule has 1 fully saturated rings. The van der Waals surface area contributed by atoms with Gasteiger partial charge in [0.25, 0.3) is 5.91 Å². The molecule has 1 unspecified atom stereocenters. The monoisotopic (exact) mass is 279 g/mol. The minimum Gasteiger partial charge on any atom is -0.409 e. The molecule has 0 bridgehead atoms. The Morgan fingerprint density at radius 3 is 2.80 bits per heavy atom. The second kappa shape index (κ2) is 6.40. The van der Waals surface area contributed by atoms with Crippen molar-refractivity contribution in [3.05, 3.63) is 18.0 Å². The van der Waals surface area contributed by atoms with Gasteiger partial charge in [0.2, 0.25) is 0 Å². The summed E-state index contributed by atoms with van der Waals surface area (Å²) in [6.07, 6.45) is 6.95. The molecule has 0 aliphatic heterocycles. The van der Waals surface area contributed by atoms with E-state index in [4.69, 9.17) is 10.9 Å². The van der Waals surface area contributed by atoms with Gasteiger partial charge in [-0.25, -0.2) is 0 Å². The van der Waals surface area contributed by atoms with Crippen molar-refractivity contribution in [2.45, 2.75) is 38.1 Å². The van der Waals surface area contributed by atoms with E-state index in [-0.39, 0.29) is 17.7 Å². The average molecular weight is 279 g/mol. The van der Waals surface area contributed by atoms with Gasteiger partial charge in [0.1, 0.15) is 5.69 Å². The highest BCUT2D eigenvalue weighted by Gasteiger charge is 2.29. The Hall–Kier alpha value is -2.05. The third kappa shape index (κ3) is 3.09. The molecule has 1 aliphatic carbocycles. The van der Waals surface area contributed by atoms with Crippen molar-refractivity contribution in [1.29, 1.82) is 0 Å². The summed E-state index contributed by atoms with van der Waals surface area (Å²) >= 11 is 0. The van der Waals surface area contributed by atoms with Crippen molar-refractivity contribution in [2.75, 3.05) is 0 Å². The minimum atomic E-state index is -0.428. The summed E-state index contributed by atoms with van der Waals surface area (Å²) in [7, 11) is 1.70. The van der Waals surface area contributed by atoms with E-state index in [0.717, 1.165) is 25.7 Å². The topological polar surface area (TPSA) is 106 Å². The number of hydrogen-bond acceptors (Lipinski definition) is 4. The first-order chi connectivity index (χ1) is 9.63. The molecule has 1 aromatic rings. The lowest BCUT2D eigenvalue weighted by Crippen LogP contribution is -2.50. The zero-order valence-corrected chi connectivity index (χ0v) is 11.6. The normalized spacial score (nSPS) is 18.8. The number of nitrogens with zero attached hydrogens (tertiary/aromatic N) is 3. The standard InChI is InChI=1S/C13H21N5O2/c1-18-10(7-8-15-18)13(19)16-11(12(14)17-20)9-5-3-2-4-6-9/h7-9,11,20H,2-6H2,1H3,(H2,14,17)(H,16,19). The maximum atomic E-state index is 12.2. The highest BCUT2D eigenvalue weighted by Crippen LogP contribution is 2.26. The van der Waals surface area contributed by atoms with Crippen molar-refractivity contribution in [1.82, 2.24) is 15.1 Å². The molecule has 4 N–H and O–H groups in total. The third-order valence-corrected chi connectivity index (χ3v) is 3.90. The van der Waals surface area contributed by atoms with Gasteiger partial charge in [-0.1, -0.05) is 24.4 Å². The van der Waals surface area contributed by atoms with E-state index in [2.05, 4.69) is 15.6 Å². The molecule has 2 rings (SSSR count). The summed E-state index contributed by atoms with van der Waals surface area (Å²) in [5.74, 6) is 0.0245. The van der Waals surface area contributed by atoms with Gasteiger partial charge in [-0.15, -0.1) is 0 Å². The van der Waals surface area contributed by atoms with Gasteiger partial charge in [0.15, 0.2) is 5.84 Å². The number of aromatic nitrogens is 2. The number of nitrogens with two attached hydrogens (primary N) is 1. The zero-order chi connectivity index (χ0) is 14.5. The van der Waals surface area contributed by atoms with E-state index < -0.39 is 6.04 Å². The van der Waals surface area contributed by atoms with E-state index in [1.807, 2.05) is 0 Å². The van der Waals surface area contributed by atoms with Crippen LogP contribution in [0.5, 0.6) is 0 Å². The van der Waals surface area contributed by atoms with E-state index in [1.165, 1.54) is 11.1 Å². The molecule has 1 heterocycles. The highest BCUT2D eigenvalue weighted by molar-refractivity contribution is 5.97. The van der Waals surface area contributed by atoms with Gasteiger partial charge in [0.05, 0.1) is 6.04 Å². The van der Waals surface area contributed by atoms with Crippen LogP contribution in [-0.4, -0.2) is 32.8 Å². The van der Waals surface area contributed by atoms with Crippen LogP contribution in [-0.2, 0) is 7.05 Å². The lowest BCUT2D eigenvalue weighted by atomic mass is 9.83. The Labute approximate surface area is 117 Å². The molecule has 7 nitrogen and oxygen atoms in total. The largest absolute Gasteiger partial charge is 0.409 e. The molecule has 1 aromatic heterocycles. The van der Waals surface area contributed by atoms with E-state index in [9.17, 15) is 4.79 Å². The van der Waals surface area contributed by atoms with Gasteiger partial charge in [-0.2, -0.15) is 5.10 Å². The van der Waals surface area contributed by atoms with E-state index in [0.29, 0.717) is 5.69 Å². The van der Waals surface area contributed by atoms with Crippen LogP contribution in [0.4, 0.5) is 0 Å². The van der Waals surface area contributed by atoms with Crippen LogP contribution in [0.3, 0.4) is 0 Å². The maximum absolute atomic E-state index is 12.2. The fraction of sp³-hybridized carbons (Fsp3) is 0.615. The first-order valence-corrected chi connectivity index (χ1v) is 6.89. The SMILES string of the molecule is Cn1nccc1C(=O)NC(C(N)=NO)C1CCCCC1. The Balaban J connectivity index is 2.11. The maximum Gasteiger partial charge on any atom is 0.270 e. The quantitative estimate of drug-likeness (QED) is 0.329. The van der Waals surface area contributed by atoms with Gasteiger partial charge in [-0.05, 0) is 24.8 Å². The summed E-state index contributed by atoms with van der Waals surface area (Å²) in [5, 5.41) is 18.8. The summed E-state index contributed by atoms with van der Waals surface area (Å²) in [6.45, 7) is 0. The van der Waals surface area contributed by atoms with Gasteiger partial charge < -0.3 is 16.3 Å².